The molecule has 0 aromatic carbocycles. The maximum Gasteiger partial charge on any atom is 0.355 e. The van der Waals surface area contributed by atoms with Crippen LogP contribution >= 0.6 is 23.1 Å². The molecule has 3 rings (SSSR count). The van der Waals surface area contributed by atoms with Crippen LogP contribution in [0.5, 0.6) is 5.88 Å². The van der Waals surface area contributed by atoms with E-state index in [4.69, 9.17) is 4.74 Å². The number of esters is 1. The third-order valence-corrected chi connectivity index (χ3v) is 4.62. The van der Waals surface area contributed by atoms with Crippen LogP contribution in [0.25, 0.3) is 0 Å². The van der Waals surface area contributed by atoms with Crippen molar-refractivity contribution < 1.29 is 9.53 Å². The van der Waals surface area contributed by atoms with Gasteiger partial charge >= 0.3 is 5.97 Å². The van der Waals surface area contributed by atoms with Crippen molar-refractivity contribution in [3.63, 3.8) is 0 Å². The van der Waals surface area contributed by atoms with Crippen molar-refractivity contribution in [2.45, 2.75) is 30.8 Å². The lowest BCUT2D eigenvalue weighted by Crippen LogP contribution is -2.15. The summed E-state index contributed by atoms with van der Waals surface area (Å²) in [5, 5.41) is 2.53. The standard InChI is InChI=1S/C14H14N2O2S2/c1-19-14-15-10-6-3-2-5-9(10)12(16-14)18-13(17)11-7-4-8-20-11/h4,7-8H,2-3,5-6H2,1H3. The van der Waals surface area contributed by atoms with E-state index in [-0.39, 0.29) is 5.97 Å². The third-order valence-electron chi connectivity index (χ3n) is 3.22. The van der Waals surface area contributed by atoms with Gasteiger partial charge < -0.3 is 4.74 Å². The lowest BCUT2D eigenvalue weighted by atomic mass is 9.97. The number of hydrogen-bond acceptors (Lipinski definition) is 6. The fraction of sp³-hybridized carbons (Fsp3) is 0.357. The van der Waals surface area contributed by atoms with E-state index in [0.717, 1.165) is 36.9 Å². The van der Waals surface area contributed by atoms with Crippen LogP contribution in [-0.4, -0.2) is 22.2 Å². The number of thiophene rings is 1. The molecule has 1 aliphatic carbocycles. The zero-order valence-electron chi connectivity index (χ0n) is 11.1. The average Bonchev–Trinajstić information content (AvgIpc) is 3.01. The van der Waals surface area contributed by atoms with Gasteiger partial charge in [-0.15, -0.1) is 11.3 Å². The normalized spacial score (nSPS) is 13.8. The van der Waals surface area contributed by atoms with Crippen LogP contribution in [0.1, 0.15) is 33.8 Å². The Morgan fingerprint density at radius 3 is 2.95 bits per heavy atom. The molecule has 0 atom stereocenters. The summed E-state index contributed by atoms with van der Waals surface area (Å²) in [7, 11) is 0. The molecule has 4 nitrogen and oxygen atoms in total. The second-order valence-electron chi connectivity index (χ2n) is 4.51. The highest BCUT2D eigenvalue weighted by Crippen LogP contribution is 2.29. The fourth-order valence-corrected chi connectivity index (χ4v) is 3.22. The summed E-state index contributed by atoms with van der Waals surface area (Å²) in [4.78, 5) is 21.6. The van der Waals surface area contributed by atoms with Gasteiger partial charge in [0, 0.05) is 5.56 Å². The molecule has 6 heteroatoms. The summed E-state index contributed by atoms with van der Waals surface area (Å²) in [5.41, 5.74) is 2.03. The van der Waals surface area contributed by atoms with Crippen LogP contribution in [0, 0.1) is 0 Å². The van der Waals surface area contributed by atoms with Crippen LogP contribution < -0.4 is 4.74 Å². The number of fused-ring (bicyclic) bond motifs is 1. The molecular formula is C14H14N2O2S2. The fourth-order valence-electron chi connectivity index (χ4n) is 2.25. The number of ether oxygens (including phenoxy) is 1. The Labute approximate surface area is 125 Å². The summed E-state index contributed by atoms with van der Waals surface area (Å²) in [6.45, 7) is 0. The molecular weight excluding hydrogens is 292 g/mol. The number of aryl methyl sites for hydroxylation is 1. The number of carbonyl (C=O) groups is 1. The van der Waals surface area contributed by atoms with E-state index in [1.807, 2.05) is 17.7 Å². The second-order valence-corrected chi connectivity index (χ2v) is 6.24. The Balaban J connectivity index is 1.93. The molecule has 0 fully saturated rings. The van der Waals surface area contributed by atoms with Gasteiger partial charge in [-0.3, -0.25) is 0 Å². The Morgan fingerprint density at radius 2 is 2.20 bits per heavy atom. The summed E-state index contributed by atoms with van der Waals surface area (Å²) < 4.78 is 5.51. The van der Waals surface area contributed by atoms with E-state index in [9.17, 15) is 4.79 Å². The van der Waals surface area contributed by atoms with Crippen LogP contribution in [0.2, 0.25) is 0 Å². The highest BCUT2D eigenvalue weighted by atomic mass is 32.2. The number of thioether (sulfide) groups is 1. The average molecular weight is 306 g/mol. The maximum absolute atomic E-state index is 12.1. The molecule has 2 aromatic heterocycles. The topological polar surface area (TPSA) is 52.1 Å². The first kappa shape index (κ1) is 13.6. The van der Waals surface area contributed by atoms with Gasteiger partial charge in [0.25, 0.3) is 0 Å². The zero-order valence-corrected chi connectivity index (χ0v) is 12.7. The van der Waals surface area contributed by atoms with Crippen molar-refractivity contribution in [1.29, 1.82) is 0 Å². The molecule has 0 unspecified atom stereocenters. The van der Waals surface area contributed by atoms with Gasteiger partial charge in [0.05, 0.1) is 5.69 Å². The van der Waals surface area contributed by atoms with Crippen LogP contribution in [-0.2, 0) is 12.8 Å². The number of aromatic nitrogens is 2. The first-order valence-corrected chi connectivity index (χ1v) is 8.58. The van der Waals surface area contributed by atoms with Gasteiger partial charge in [-0.2, -0.15) is 4.98 Å². The van der Waals surface area contributed by atoms with Crippen LogP contribution in [0.15, 0.2) is 22.7 Å². The number of carbonyl (C=O) groups excluding carboxylic acids is 1. The van der Waals surface area contributed by atoms with E-state index in [1.54, 1.807) is 6.07 Å². The van der Waals surface area contributed by atoms with E-state index in [2.05, 4.69) is 9.97 Å². The first-order chi connectivity index (χ1) is 9.78. The van der Waals surface area contributed by atoms with Gasteiger partial charge in [-0.05, 0) is 43.4 Å². The summed E-state index contributed by atoms with van der Waals surface area (Å²) in [6.07, 6.45) is 5.98. The van der Waals surface area contributed by atoms with Crippen molar-refractivity contribution in [2.24, 2.45) is 0 Å². The maximum atomic E-state index is 12.1. The van der Waals surface area contributed by atoms with Gasteiger partial charge in [-0.25, -0.2) is 9.78 Å². The Morgan fingerprint density at radius 1 is 1.35 bits per heavy atom. The molecule has 0 saturated heterocycles. The minimum absolute atomic E-state index is 0.335. The van der Waals surface area contributed by atoms with Gasteiger partial charge in [0.2, 0.25) is 5.88 Å². The molecule has 0 bridgehead atoms. The largest absolute Gasteiger partial charge is 0.403 e. The van der Waals surface area contributed by atoms with E-state index in [1.165, 1.54) is 23.1 Å². The van der Waals surface area contributed by atoms with Crippen molar-refractivity contribution in [2.75, 3.05) is 6.26 Å². The number of hydrogen-bond donors (Lipinski definition) is 0. The lowest BCUT2D eigenvalue weighted by molar-refractivity contribution is 0.0728. The van der Waals surface area contributed by atoms with Crippen molar-refractivity contribution in [3.8, 4) is 5.88 Å². The van der Waals surface area contributed by atoms with Crippen molar-refractivity contribution >= 4 is 29.1 Å². The summed E-state index contributed by atoms with van der Waals surface area (Å²) in [5.74, 6) is 0.107. The molecule has 2 aromatic rings. The highest BCUT2D eigenvalue weighted by Gasteiger charge is 2.21. The summed E-state index contributed by atoms with van der Waals surface area (Å²) in [6, 6.07) is 3.60. The van der Waals surface area contributed by atoms with Gasteiger partial charge in [-0.1, -0.05) is 17.8 Å². The Kier molecular flexibility index (Phi) is 4.03. The minimum atomic E-state index is -0.335. The van der Waals surface area contributed by atoms with Gasteiger partial charge in [0.1, 0.15) is 4.88 Å². The molecule has 0 N–H and O–H groups in total. The van der Waals surface area contributed by atoms with Crippen LogP contribution in [0.4, 0.5) is 0 Å². The van der Waals surface area contributed by atoms with E-state index >= 15 is 0 Å². The monoisotopic (exact) mass is 306 g/mol. The smallest absolute Gasteiger partial charge is 0.355 e. The predicted octanol–water partition coefficient (Wildman–Crippen LogP) is 3.36. The molecule has 104 valence electrons. The second kappa shape index (κ2) is 5.93. The molecule has 1 aliphatic rings. The molecule has 0 amide bonds. The molecule has 2 heterocycles. The summed E-state index contributed by atoms with van der Waals surface area (Å²) >= 11 is 2.84. The van der Waals surface area contributed by atoms with Crippen molar-refractivity contribution in [1.82, 2.24) is 9.97 Å². The van der Waals surface area contributed by atoms with E-state index in [0.29, 0.717) is 15.9 Å². The SMILES string of the molecule is CSc1nc2c(c(OC(=O)c3cccs3)n1)CCCC2. The first-order valence-electron chi connectivity index (χ1n) is 6.47. The zero-order chi connectivity index (χ0) is 13.9. The molecule has 0 saturated carbocycles. The lowest BCUT2D eigenvalue weighted by Gasteiger charge is -2.17. The Bertz CT molecular complexity index is 626. The molecule has 20 heavy (non-hydrogen) atoms. The quantitative estimate of drug-likeness (QED) is 0.494. The minimum Gasteiger partial charge on any atom is -0.403 e. The van der Waals surface area contributed by atoms with Crippen molar-refractivity contribution in [3.05, 3.63) is 33.6 Å². The molecule has 0 radical (unpaired) electrons. The highest BCUT2D eigenvalue weighted by molar-refractivity contribution is 7.98. The van der Waals surface area contributed by atoms with Crippen LogP contribution in [0.3, 0.4) is 0 Å². The molecule has 0 spiro atoms. The third kappa shape index (κ3) is 2.71. The Hall–Kier alpha value is -1.40. The number of nitrogens with zero attached hydrogens (tertiary/aromatic N) is 2. The van der Waals surface area contributed by atoms with E-state index < -0.39 is 0 Å². The van der Waals surface area contributed by atoms with Gasteiger partial charge in [0.15, 0.2) is 5.16 Å². The predicted molar refractivity (Wildman–Crippen MR) is 79.7 cm³/mol. The number of rotatable bonds is 3. The molecule has 0 aliphatic heterocycles.